The lowest BCUT2D eigenvalue weighted by Gasteiger charge is -2.33. The van der Waals surface area contributed by atoms with Crippen LogP contribution in [0.4, 0.5) is 0 Å². The molecule has 0 aliphatic carbocycles. The van der Waals surface area contributed by atoms with Gasteiger partial charge in [0.1, 0.15) is 0 Å². The Balaban J connectivity index is 1.80. The minimum Gasteiger partial charge on any atom is -0.345 e. The van der Waals surface area contributed by atoms with Crippen molar-refractivity contribution in [2.24, 2.45) is 5.92 Å². The molecule has 0 amide bonds. The molecule has 3 rings (SSSR count). The third kappa shape index (κ3) is 2.10. The summed E-state index contributed by atoms with van der Waals surface area (Å²) in [5.74, 6) is 0.0134. The second kappa shape index (κ2) is 4.41. The highest BCUT2D eigenvalue weighted by Crippen LogP contribution is 2.33. The minimum atomic E-state index is -0.442. The number of nitrogens with one attached hydrogen (secondary N) is 1. The quantitative estimate of drug-likeness (QED) is 0.805. The Morgan fingerprint density at radius 3 is 2.35 bits per heavy atom. The summed E-state index contributed by atoms with van der Waals surface area (Å²) in [7, 11) is 0. The largest absolute Gasteiger partial charge is 0.345 e. The van der Waals surface area contributed by atoms with Crippen LogP contribution in [-0.2, 0) is 22.7 Å². The standard InChI is InChI=1S/C14H19NO2/c1-14(13-6-7-15-8-13)16-9-11-4-2-3-5-12(11)10-17-14/h2-5,13,15H,6-10H2,1H3. The molecule has 0 bridgehead atoms. The molecule has 1 aromatic rings. The van der Waals surface area contributed by atoms with Gasteiger partial charge in [-0.3, -0.25) is 0 Å². The zero-order valence-electron chi connectivity index (χ0n) is 10.2. The zero-order valence-corrected chi connectivity index (χ0v) is 10.2. The third-order valence-corrected chi connectivity index (χ3v) is 3.95. The first-order valence-electron chi connectivity index (χ1n) is 6.33. The lowest BCUT2D eigenvalue weighted by Crippen LogP contribution is -2.40. The average molecular weight is 233 g/mol. The van der Waals surface area contributed by atoms with Gasteiger partial charge in [-0.25, -0.2) is 0 Å². The summed E-state index contributed by atoms with van der Waals surface area (Å²) in [5, 5.41) is 3.38. The van der Waals surface area contributed by atoms with Crippen LogP contribution in [0.15, 0.2) is 24.3 Å². The summed E-state index contributed by atoms with van der Waals surface area (Å²) in [6.45, 7) is 5.45. The number of benzene rings is 1. The van der Waals surface area contributed by atoms with E-state index < -0.39 is 5.79 Å². The minimum absolute atomic E-state index is 0.442. The maximum absolute atomic E-state index is 6.04. The summed E-state index contributed by atoms with van der Waals surface area (Å²) in [4.78, 5) is 0. The van der Waals surface area contributed by atoms with Crippen molar-refractivity contribution in [3.63, 3.8) is 0 Å². The van der Waals surface area contributed by atoms with Gasteiger partial charge < -0.3 is 14.8 Å². The normalized spacial score (nSPS) is 27.5. The van der Waals surface area contributed by atoms with Crippen molar-refractivity contribution in [2.75, 3.05) is 13.1 Å². The Morgan fingerprint density at radius 2 is 1.82 bits per heavy atom. The van der Waals surface area contributed by atoms with E-state index in [4.69, 9.17) is 9.47 Å². The predicted octanol–water partition coefficient (Wildman–Crippen LogP) is 2.06. The second-order valence-corrected chi connectivity index (χ2v) is 5.05. The molecular formula is C14H19NO2. The Morgan fingerprint density at radius 1 is 1.18 bits per heavy atom. The average Bonchev–Trinajstić information content (AvgIpc) is 2.84. The van der Waals surface area contributed by atoms with Crippen molar-refractivity contribution in [2.45, 2.75) is 32.3 Å². The molecule has 3 heteroatoms. The van der Waals surface area contributed by atoms with E-state index in [1.165, 1.54) is 11.1 Å². The molecule has 0 spiro atoms. The highest BCUT2D eigenvalue weighted by molar-refractivity contribution is 5.26. The summed E-state index contributed by atoms with van der Waals surface area (Å²) in [5.41, 5.74) is 2.50. The summed E-state index contributed by atoms with van der Waals surface area (Å²) < 4.78 is 12.1. The van der Waals surface area contributed by atoms with E-state index in [-0.39, 0.29) is 0 Å². The maximum atomic E-state index is 6.04. The predicted molar refractivity (Wildman–Crippen MR) is 65.4 cm³/mol. The van der Waals surface area contributed by atoms with E-state index >= 15 is 0 Å². The number of hydrogen-bond acceptors (Lipinski definition) is 3. The molecule has 0 aromatic heterocycles. The summed E-state index contributed by atoms with van der Waals surface area (Å²) in [6.07, 6.45) is 1.13. The molecule has 1 atom stereocenters. The Bertz CT molecular complexity index is 372. The van der Waals surface area contributed by atoms with Gasteiger partial charge in [-0.1, -0.05) is 24.3 Å². The van der Waals surface area contributed by atoms with E-state index in [1.807, 2.05) is 0 Å². The van der Waals surface area contributed by atoms with Gasteiger partial charge in [-0.05, 0) is 31.0 Å². The van der Waals surface area contributed by atoms with Crippen molar-refractivity contribution in [1.82, 2.24) is 5.32 Å². The first-order chi connectivity index (χ1) is 8.28. The zero-order chi connectivity index (χ0) is 11.7. The molecule has 1 N–H and O–H groups in total. The molecule has 1 aromatic carbocycles. The van der Waals surface area contributed by atoms with Crippen LogP contribution >= 0.6 is 0 Å². The van der Waals surface area contributed by atoms with Crippen LogP contribution in [0.2, 0.25) is 0 Å². The summed E-state index contributed by atoms with van der Waals surface area (Å²) >= 11 is 0. The molecule has 1 unspecified atom stereocenters. The van der Waals surface area contributed by atoms with Crippen molar-refractivity contribution >= 4 is 0 Å². The van der Waals surface area contributed by atoms with Gasteiger partial charge in [0.25, 0.3) is 0 Å². The van der Waals surface area contributed by atoms with Crippen LogP contribution in [0.25, 0.3) is 0 Å². The third-order valence-electron chi connectivity index (χ3n) is 3.95. The molecular weight excluding hydrogens is 214 g/mol. The Labute approximate surface area is 102 Å². The van der Waals surface area contributed by atoms with Crippen LogP contribution < -0.4 is 5.32 Å². The fourth-order valence-electron chi connectivity index (χ4n) is 2.66. The topological polar surface area (TPSA) is 30.5 Å². The molecule has 2 heterocycles. The first-order valence-corrected chi connectivity index (χ1v) is 6.33. The molecule has 3 nitrogen and oxygen atoms in total. The van der Waals surface area contributed by atoms with Crippen molar-refractivity contribution in [3.8, 4) is 0 Å². The van der Waals surface area contributed by atoms with Crippen LogP contribution in [0, 0.1) is 5.92 Å². The van der Waals surface area contributed by atoms with E-state index in [0.29, 0.717) is 19.1 Å². The fourth-order valence-corrected chi connectivity index (χ4v) is 2.66. The van der Waals surface area contributed by atoms with Gasteiger partial charge in [0, 0.05) is 12.5 Å². The fraction of sp³-hybridized carbons (Fsp3) is 0.571. The van der Waals surface area contributed by atoms with E-state index in [1.54, 1.807) is 0 Å². The SMILES string of the molecule is CC1(C2CCNC2)OCc2ccccc2CO1. The van der Waals surface area contributed by atoms with Crippen molar-refractivity contribution in [1.29, 1.82) is 0 Å². The lowest BCUT2D eigenvalue weighted by atomic mass is 9.99. The van der Waals surface area contributed by atoms with Gasteiger partial charge in [0.2, 0.25) is 0 Å². The lowest BCUT2D eigenvalue weighted by molar-refractivity contribution is -0.258. The number of ether oxygens (including phenoxy) is 2. The number of hydrogen-bond donors (Lipinski definition) is 1. The van der Waals surface area contributed by atoms with Gasteiger partial charge >= 0.3 is 0 Å². The van der Waals surface area contributed by atoms with Crippen LogP contribution in [-0.4, -0.2) is 18.9 Å². The highest BCUT2D eigenvalue weighted by Gasteiger charge is 2.39. The number of fused-ring (bicyclic) bond motifs is 1. The van der Waals surface area contributed by atoms with Crippen molar-refractivity contribution < 1.29 is 9.47 Å². The van der Waals surface area contributed by atoms with Gasteiger partial charge in [-0.2, -0.15) is 0 Å². The molecule has 0 saturated carbocycles. The van der Waals surface area contributed by atoms with Crippen molar-refractivity contribution in [3.05, 3.63) is 35.4 Å². The maximum Gasteiger partial charge on any atom is 0.170 e. The Kier molecular flexibility index (Phi) is 2.90. The van der Waals surface area contributed by atoms with Gasteiger partial charge in [-0.15, -0.1) is 0 Å². The van der Waals surface area contributed by atoms with E-state index in [0.717, 1.165) is 19.5 Å². The molecule has 17 heavy (non-hydrogen) atoms. The highest BCUT2D eigenvalue weighted by atomic mass is 16.7. The Hall–Kier alpha value is -0.900. The van der Waals surface area contributed by atoms with Crippen LogP contribution in [0.5, 0.6) is 0 Å². The molecule has 2 aliphatic rings. The van der Waals surface area contributed by atoms with Gasteiger partial charge in [0.05, 0.1) is 13.2 Å². The molecule has 1 fully saturated rings. The summed E-state index contributed by atoms with van der Waals surface area (Å²) in [6, 6.07) is 8.36. The molecule has 92 valence electrons. The smallest absolute Gasteiger partial charge is 0.170 e. The molecule has 2 aliphatic heterocycles. The monoisotopic (exact) mass is 233 g/mol. The number of rotatable bonds is 1. The van der Waals surface area contributed by atoms with E-state index in [2.05, 4.69) is 36.5 Å². The van der Waals surface area contributed by atoms with Gasteiger partial charge in [0.15, 0.2) is 5.79 Å². The van der Waals surface area contributed by atoms with E-state index in [9.17, 15) is 0 Å². The van der Waals surface area contributed by atoms with Crippen LogP contribution in [0.1, 0.15) is 24.5 Å². The first kappa shape index (κ1) is 11.2. The van der Waals surface area contributed by atoms with Crippen LogP contribution in [0.3, 0.4) is 0 Å². The molecule has 0 radical (unpaired) electrons. The molecule has 1 saturated heterocycles. The second-order valence-electron chi connectivity index (χ2n) is 5.05.